The molecule has 7 heteroatoms. The number of nitrogens with one attached hydrogen (secondary N) is 1. The van der Waals surface area contributed by atoms with Crippen LogP contribution in [0.5, 0.6) is 17.2 Å². The highest BCUT2D eigenvalue weighted by Gasteiger charge is 2.33. The molecule has 0 saturated carbocycles. The molecule has 1 atom stereocenters. The summed E-state index contributed by atoms with van der Waals surface area (Å²) in [7, 11) is 1.52. The largest absolute Gasteiger partial charge is 0.493 e. The lowest BCUT2D eigenvalue weighted by Crippen LogP contribution is -2.28. The molecule has 1 N–H and O–H groups in total. The van der Waals surface area contributed by atoms with E-state index in [0.717, 1.165) is 11.1 Å². The predicted molar refractivity (Wildman–Crippen MR) is 120 cm³/mol. The van der Waals surface area contributed by atoms with Crippen molar-refractivity contribution in [1.29, 1.82) is 0 Å². The Morgan fingerprint density at radius 2 is 1.82 bits per heavy atom. The molecule has 1 aromatic heterocycles. The van der Waals surface area contributed by atoms with E-state index in [0.29, 0.717) is 33.7 Å². The zero-order chi connectivity index (χ0) is 22.9. The Balaban J connectivity index is 1.51. The third-order valence-corrected chi connectivity index (χ3v) is 5.74. The average Bonchev–Trinajstić information content (AvgIpc) is 2.83. The number of hydrogen-bond acceptors (Lipinski definition) is 5. The molecule has 1 aliphatic heterocycles. The fourth-order valence-electron chi connectivity index (χ4n) is 4.13. The molecule has 0 aliphatic carbocycles. The molecular formula is C26H20FNO5. The number of carbonyl (C=O) groups is 1. The fourth-order valence-corrected chi connectivity index (χ4v) is 4.13. The van der Waals surface area contributed by atoms with Crippen molar-refractivity contribution in [2.75, 3.05) is 7.11 Å². The molecule has 0 unspecified atom stereocenters. The number of esters is 1. The minimum atomic E-state index is -0.491. The van der Waals surface area contributed by atoms with Crippen molar-refractivity contribution in [2.24, 2.45) is 0 Å². The molecule has 3 aromatic carbocycles. The summed E-state index contributed by atoms with van der Waals surface area (Å²) in [5.74, 6) is 0.0541. The number of benzene rings is 3. The Morgan fingerprint density at radius 1 is 1.03 bits per heavy atom. The van der Waals surface area contributed by atoms with Gasteiger partial charge in [0.2, 0.25) is 0 Å². The van der Waals surface area contributed by atoms with E-state index < -0.39 is 11.9 Å². The average molecular weight is 445 g/mol. The maximum atomic E-state index is 13.1. The quantitative estimate of drug-likeness (QED) is 0.451. The predicted octanol–water partition coefficient (Wildman–Crippen LogP) is 4.70. The minimum absolute atomic E-state index is 0.0351. The van der Waals surface area contributed by atoms with Gasteiger partial charge in [-0.2, -0.15) is 0 Å². The Bertz CT molecular complexity index is 1410. The molecule has 0 radical (unpaired) electrons. The summed E-state index contributed by atoms with van der Waals surface area (Å²) >= 11 is 0. The van der Waals surface area contributed by atoms with E-state index in [2.05, 4.69) is 4.98 Å². The van der Waals surface area contributed by atoms with Crippen molar-refractivity contribution in [1.82, 2.24) is 4.98 Å². The zero-order valence-corrected chi connectivity index (χ0v) is 17.8. The van der Waals surface area contributed by atoms with E-state index in [4.69, 9.17) is 14.2 Å². The van der Waals surface area contributed by atoms with Gasteiger partial charge in [-0.05, 0) is 47.5 Å². The number of ether oxygens (including phenoxy) is 3. The maximum absolute atomic E-state index is 13.1. The number of aromatic nitrogens is 1. The molecule has 0 fully saturated rings. The van der Waals surface area contributed by atoms with Crippen LogP contribution in [0.15, 0.2) is 71.5 Å². The SMILES string of the molecule is COc1cc([C@@H]2CC(=O)Oc3c2c(=O)[nH]c2ccccc32)ccc1OCc1ccc(F)cc1. The number of para-hydroxylation sites is 1. The van der Waals surface area contributed by atoms with Crippen molar-refractivity contribution in [3.05, 3.63) is 99.6 Å². The summed E-state index contributed by atoms with van der Waals surface area (Å²) in [6, 6.07) is 18.6. The second-order valence-corrected chi connectivity index (χ2v) is 7.80. The van der Waals surface area contributed by atoms with E-state index in [1.165, 1.54) is 19.2 Å². The molecule has 0 bridgehead atoms. The van der Waals surface area contributed by atoms with Crippen LogP contribution in [0.2, 0.25) is 0 Å². The van der Waals surface area contributed by atoms with Crippen molar-refractivity contribution < 1.29 is 23.4 Å². The van der Waals surface area contributed by atoms with E-state index >= 15 is 0 Å². The van der Waals surface area contributed by atoms with Crippen LogP contribution in [0, 0.1) is 5.82 Å². The highest BCUT2D eigenvalue weighted by molar-refractivity contribution is 5.91. The van der Waals surface area contributed by atoms with Crippen LogP contribution in [-0.4, -0.2) is 18.1 Å². The van der Waals surface area contributed by atoms with E-state index in [-0.39, 0.29) is 24.4 Å². The third kappa shape index (κ3) is 3.93. The lowest BCUT2D eigenvalue weighted by Gasteiger charge is -2.25. The van der Waals surface area contributed by atoms with Crippen LogP contribution in [0.25, 0.3) is 10.9 Å². The molecule has 4 aromatic rings. The molecule has 0 saturated heterocycles. The smallest absolute Gasteiger partial charge is 0.312 e. The summed E-state index contributed by atoms with van der Waals surface area (Å²) in [5.41, 5.74) is 2.27. The van der Waals surface area contributed by atoms with E-state index in [9.17, 15) is 14.0 Å². The van der Waals surface area contributed by atoms with Crippen molar-refractivity contribution in [2.45, 2.75) is 18.9 Å². The molecular weight excluding hydrogens is 425 g/mol. The van der Waals surface area contributed by atoms with Gasteiger partial charge in [0.15, 0.2) is 11.5 Å². The Hall–Kier alpha value is -4.13. The number of carbonyl (C=O) groups excluding carboxylic acids is 1. The Kier molecular flexibility index (Phi) is 5.30. The van der Waals surface area contributed by atoms with Crippen LogP contribution in [0.4, 0.5) is 4.39 Å². The molecule has 0 amide bonds. The first kappa shape index (κ1) is 20.8. The van der Waals surface area contributed by atoms with Crippen LogP contribution in [-0.2, 0) is 11.4 Å². The van der Waals surface area contributed by atoms with Crippen molar-refractivity contribution >= 4 is 16.9 Å². The maximum Gasteiger partial charge on any atom is 0.312 e. The van der Waals surface area contributed by atoms with Crippen LogP contribution in [0.3, 0.4) is 0 Å². The Morgan fingerprint density at radius 3 is 2.61 bits per heavy atom. The summed E-state index contributed by atoms with van der Waals surface area (Å²) in [5, 5.41) is 0.677. The number of halogens is 1. The lowest BCUT2D eigenvalue weighted by molar-refractivity contribution is -0.135. The van der Waals surface area contributed by atoms with Crippen LogP contribution in [0.1, 0.15) is 29.0 Å². The number of fused-ring (bicyclic) bond motifs is 3. The number of hydrogen-bond donors (Lipinski definition) is 1. The van der Waals surface area contributed by atoms with E-state index in [1.54, 1.807) is 30.3 Å². The molecule has 1 aliphatic rings. The molecule has 2 heterocycles. The first-order valence-electron chi connectivity index (χ1n) is 10.4. The first-order chi connectivity index (χ1) is 16.0. The van der Waals surface area contributed by atoms with Gasteiger partial charge >= 0.3 is 5.97 Å². The number of pyridine rings is 1. The summed E-state index contributed by atoms with van der Waals surface area (Å²) in [4.78, 5) is 28.3. The van der Waals surface area contributed by atoms with Crippen LogP contribution >= 0.6 is 0 Å². The van der Waals surface area contributed by atoms with Gasteiger partial charge in [-0.25, -0.2) is 4.39 Å². The fraction of sp³-hybridized carbons (Fsp3) is 0.154. The van der Waals surface area contributed by atoms with Gasteiger partial charge < -0.3 is 19.2 Å². The van der Waals surface area contributed by atoms with Crippen molar-refractivity contribution in [3.8, 4) is 17.2 Å². The minimum Gasteiger partial charge on any atom is -0.493 e. The van der Waals surface area contributed by atoms with Gasteiger partial charge in [-0.1, -0.05) is 30.3 Å². The summed E-state index contributed by atoms with van der Waals surface area (Å²) in [6.07, 6.45) is 0.0351. The van der Waals surface area contributed by atoms with Crippen molar-refractivity contribution in [3.63, 3.8) is 0 Å². The Labute approximate surface area is 188 Å². The first-order valence-corrected chi connectivity index (χ1v) is 10.4. The zero-order valence-electron chi connectivity index (χ0n) is 17.8. The highest BCUT2D eigenvalue weighted by atomic mass is 19.1. The standard InChI is InChI=1S/C26H20FNO5/c1-31-22-12-16(8-11-21(22)32-14-15-6-9-17(27)10-7-15)19-13-23(29)33-25-18-4-2-3-5-20(18)28-26(30)24(19)25/h2-12,19H,13-14H2,1H3,(H,28,30)/t19-/m0/s1. The molecule has 5 rings (SSSR count). The third-order valence-electron chi connectivity index (χ3n) is 5.74. The molecule has 6 nitrogen and oxygen atoms in total. The molecule has 33 heavy (non-hydrogen) atoms. The van der Waals surface area contributed by atoms with Gasteiger partial charge in [0.1, 0.15) is 18.2 Å². The number of aromatic amines is 1. The molecule has 0 spiro atoms. The highest BCUT2D eigenvalue weighted by Crippen LogP contribution is 2.42. The monoisotopic (exact) mass is 445 g/mol. The van der Waals surface area contributed by atoms with Crippen LogP contribution < -0.4 is 19.8 Å². The van der Waals surface area contributed by atoms with Gasteiger partial charge in [0.05, 0.1) is 24.6 Å². The number of rotatable bonds is 5. The van der Waals surface area contributed by atoms with E-state index in [1.807, 2.05) is 24.3 Å². The second-order valence-electron chi connectivity index (χ2n) is 7.80. The van der Waals surface area contributed by atoms with Gasteiger partial charge in [-0.3, -0.25) is 9.59 Å². The normalized spacial score (nSPS) is 15.1. The summed E-state index contributed by atoms with van der Waals surface area (Å²) in [6.45, 7) is 0.236. The second kappa shape index (κ2) is 8.43. The molecule has 166 valence electrons. The lowest BCUT2D eigenvalue weighted by atomic mass is 9.86. The summed E-state index contributed by atoms with van der Waals surface area (Å²) < 4.78 is 30.0. The number of H-pyrrole nitrogens is 1. The number of methoxy groups -OCH3 is 1. The van der Waals surface area contributed by atoms with Gasteiger partial charge in [-0.15, -0.1) is 0 Å². The topological polar surface area (TPSA) is 77.6 Å². The van der Waals surface area contributed by atoms with Gasteiger partial charge in [0.25, 0.3) is 5.56 Å². The van der Waals surface area contributed by atoms with Gasteiger partial charge in [0, 0.05) is 11.3 Å².